The maximum absolute atomic E-state index is 4.66. The quantitative estimate of drug-likeness (QED) is 0.825. The van der Waals surface area contributed by atoms with Crippen LogP contribution in [0.15, 0.2) is 22.0 Å². The molecule has 0 aliphatic heterocycles. The molecule has 0 bridgehead atoms. The van der Waals surface area contributed by atoms with Crippen LogP contribution in [0.1, 0.15) is 32.4 Å². The fourth-order valence-corrected chi connectivity index (χ4v) is 3.26. The first-order chi connectivity index (χ1) is 9.24. The Morgan fingerprint density at radius 1 is 1.26 bits per heavy atom. The van der Waals surface area contributed by atoms with Gasteiger partial charge in [-0.05, 0) is 40.2 Å². The summed E-state index contributed by atoms with van der Waals surface area (Å²) in [6.45, 7) is 5.26. The second-order valence-electron chi connectivity index (χ2n) is 4.34. The normalized spacial score (nSPS) is 10.7. The highest BCUT2D eigenvalue weighted by molar-refractivity contribution is 9.10. The second-order valence-corrected chi connectivity index (χ2v) is 6.11. The molecule has 0 saturated heterocycles. The van der Waals surface area contributed by atoms with E-state index >= 15 is 0 Å². The molecule has 0 fully saturated rings. The van der Waals surface area contributed by atoms with Crippen molar-refractivity contribution in [2.75, 3.05) is 11.9 Å². The lowest BCUT2D eigenvalue weighted by Crippen LogP contribution is -2.05. The van der Waals surface area contributed by atoms with Crippen LogP contribution in [0, 0.1) is 0 Å². The van der Waals surface area contributed by atoms with Crippen LogP contribution < -0.4 is 5.32 Å². The molecule has 5 heteroatoms. The smallest absolute Gasteiger partial charge is 0.173 e. The zero-order valence-corrected chi connectivity index (χ0v) is 13.6. The first-order valence-electron chi connectivity index (χ1n) is 6.59. The Kier molecular flexibility index (Phi) is 5.34. The van der Waals surface area contributed by atoms with Crippen molar-refractivity contribution in [3.8, 4) is 10.7 Å². The first kappa shape index (κ1) is 14.5. The molecule has 3 nitrogen and oxygen atoms in total. The van der Waals surface area contributed by atoms with Crippen molar-refractivity contribution in [2.24, 2.45) is 0 Å². The maximum Gasteiger partial charge on any atom is 0.173 e. The van der Waals surface area contributed by atoms with Crippen LogP contribution in [0.4, 0.5) is 5.82 Å². The molecule has 0 saturated carbocycles. The Labute approximate surface area is 126 Å². The topological polar surface area (TPSA) is 37.8 Å². The third-order valence-electron chi connectivity index (χ3n) is 2.66. The van der Waals surface area contributed by atoms with Crippen molar-refractivity contribution >= 4 is 33.1 Å². The number of nitrogens with zero attached hydrogens (tertiary/aromatic N) is 2. The summed E-state index contributed by atoms with van der Waals surface area (Å²) >= 11 is 5.22. The SMILES string of the molecule is CCCNc1cc(CCC)nc(-c2sccc2Br)n1. The number of anilines is 1. The van der Waals surface area contributed by atoms with Crippen LogP contribution >= 0.6 is 27.3 Å². The largest absolute Gasteiger partial charge is 0.370 e. The predicted molar refractivity (Wildman–Crippen MR) is 85.8 cm³/mol. The van der Waals surface area contributed by atoms with Gasteiger partial charge >= 0.3 is 0 Å². The van der Waals surface area contributed by atoms with Crippen LogP contribution in [0.3, 0.4) is 0 Å². The van der Waals surface area contributed by atoms with Crippen molar-refractivity contribution in [3.05, 3.63) is 27.7 Å². The number of hydrogen-bond donors (Lipinski definition) is 1. The molecule has 2 heterocycles. The highest BCUT2D eigenvalue weighted by Crippen LogP contribution is 2.32. The van der Waals surface area contributed by atoms with E-state index in [2.05, 4.69) is 56.5 Å². The minimum atomic E-state index is 0.812. The Morgan fingerprint density at radius 3 is 2.74 bits per heavy atom. The molecule has 0 aromatic carbocycles. The molecule has 0 aliphatic rings. The molecule has 1 N–H and O–H groups in total. The standard InChI is InChI=1S/C14H18BrN3S/c1-3-5-10-9-12(16-7-4-2)18-14(17-10)13-11(15)6-8-19-13/h6,8-9H,3-5,7H2,1-2H3,(H,16,17,18). The van der Waals surface area contributed by atoms with E-state index in [-0.39, 0.29) is 0 Å². The van der Waals surface area contributed by atoms with E-state index in [4.69, 9.17) is 0 Å². The summed E-state index contributed by atoms with van der Waals surface area (Å²) in [6.07, 6.45) is 3.17. The molecular formula is C14H18BrN3S. The third-order valence-corrected chi connectivity index (χ3v) is 4.50. The monoisotopic (exact) mass is 339 g/mol. The fraction of sp³-hybridized carbons (Fsp3) is 0.429. The molecular weight excluding hydrogens is 322 g/mol. The predicted octanol–water partition coefficient (Wildman–Crippen LogP) is 4.74. The summed E-state index contributed by atoms with van der Waals surface area (Å²) < 4.78 is 1.06. The maximum atomic E-state index is 4.66. The number of hydrogen-bond acceptors (Lipinski definition) is 4. The molecule has 0 amide bonds. The molecule has 0 atom stereocenters. The third kappa shape index (κ3) is 3.76. The average Bonchev–Trinajstić information content (AvgIpc) is 2.83. The van der Waals surface area contributed by atoms with Gasteiger partial charge in [-0.1, -0.05) is 20.3 Å². The molecule has 0 aliphatic carbocycles. The van der Waals surface area contributed by atoms with Gasteiger partial charge in [-0.15, -0.1) is 11.3 Å². The molecule has 2 rings (SSSR count). The molecule has 2 aromatic heterocycles. The minimum Gasteiger partial charge on any atom is -0.370 e. The Morgan fingerprint density at radius 2 is 2.11 bits per heavy atom. The van der Waals surface area contributed by atoms with Crippen molar-refractivity contribution in [2.45, 2.75) is 33.1 Å². The average molecular weight is 340 g/mol. The van der Waals surface area contributed by atoms with Gasteiger partial charge in [0.05, 0.1) is 4.88 Å². The number of aromatic nitrogens is 2. The van der Waals surface area contributed by atoms with Crippen molar-refractivity contribution in [1.82, 2.24) is 9.97 Å². The van der Waals surface area contributed by atoms with E-state index in [1.807, 2.05) is 6.07 Å². The van der Waals surface area contributed by atoms with Gasteiger partial charge < -0.3 is 5.32 Å². The lowest BCUT2D eigenvalue weighted by atomic mass is 10.2. The van der Waals surface area contributed by atoms with Gasteiger partial charge in [0.15, 0.2) is 5.82 Å². The minimum absolute atomic E-state index is 0.812. The molecule has 102 valence electrons. The zero-order valence-electron chi connectivity index (χ0n) is 11.2. The van der Waals surface area contributed by atoms with Crippen LogP contribution in [-0.2, 0) is 6.42 Å². The first-order valence-corrected chi connectivity index (χ1v) is 8.27. The van der Waals surface area contributed by atoms with Gasteiger partial charge in [-0.2, -0.15) is 0 Å². The van der Waals surface area contributed by atoms with Gasteiger partial charge in [-0.25, -0.2) is 9.97 Å². The summed E-state index contributed by atoms with van der Waals surface area (Å²) in [5.41, 5.74) is 1.10. The van der Waals surface area contributed by atoms with Crippen molar-refractivity contribution in [1.29, 1.82) is 0 Å². The van der Waals surface area contributed by atoms with Crippen LogP contribution in [0.2, 0.25) is 0 Å². The van der Waals surface area contributed by atoms with Gasteiger partial charge in [0.2, 0.25) is 0 Å². The lowest BCUT2D eigenvalue weighted by molar-refractivity contribution is 0.873. The highest BCUT2D eigenvalue weighted by Gasteiger charge is 2.10. The summed E-state index contributed by atoms with van der Waals surface area (Å²) in [5.74, 6) is 1.74. The number of nitrogens with one attached hydrogen (secondary N) is 1. The zero-order chi connectivity index (χ0) is 13.7. The highest BCUT2D eigenvalue weighted by atomic mass is 79.9. The van der Waals surface area contributed by atoms with Gasteiger partial charge in [0, 0.05) is 22.8 Å². The molecule has 19 heavy (non-hydrogen) atoms. The summed E-state index contributed by atoms with van der Waals surface area (Å²) in [6, 6.07) is 4.10. The number of aryl methyl sites for hydroxylation is 1. The number of rotatable bonds is 6. The Bertz CT molecular complexity index is 539. The lowest BCUT2D eigenvalue weighted by Gasteiger charge is -2.08. The second kappa shape index (κ2) is 7.01. The summed E-state index contributed by atoms with van der Waals surface area (Å²) in [7, 11) is 0. The van der Waals surface area contributed by atoms with Crippen LogP contribution in [0.25, 0.3) is 10.7 Å². The molecule has 0 radical (unpaired) electrons. The fourth-order valence-electron chi connectivity index (χ4n) is 1.78. The number of halogens is 1. The molecule has 0 spiro atoms. The molecule has 2 aromatic rings. The van der Waals surface area contributed by atoms with E-state index in [1.165, 1.54) is 0 Å². The van der Waals surface area contributed by atoms with Crippen molar-refractivity contribution in [3.63, 3.8) is 0 Å². The summed E-state index contributed by atoms with van der Waals surface area (Å²) in [5, 5.41) is 5.40. The van der Waals surface area contributed by atoms with E-state index in [0.29, 0.717) is 0 Å². The number of thiophene rings is 1. The van der Waals surface area contributed by atoms with E-state index < -0.39 is 0 Å². The Balaban J connectivity index is 2.36. The van der Waals surface area contributed by atoms with Gasteiger partial charge in [0.1, 0.15) is 5.82 Å². The van der Waals surface area contributed by atoms with Gasteiger partial charge in [-0.3, -0.25) is 0 Å². The molecule has 0 unspecified atom stereocenters. The van der Waals surface area contributed by atoms with E-state index in [0.717, 1.165) is 52.5 Å². The van der Waals surface area contributed by atoms with Gasteiger partial charge in [0.25, 0.3) is 0 Å². The van der Waals surface area contributed by atoms with Crippen LogP contribution in [-0.4, -0.2) is 16.5 Å². The van der Waals surface area contributed by atoms with E-state index in [9.17, 15) is 0 Å². The summed E-state index contributed by atoms with van der Waals surface area (Å²) in [4.78, 5) is 10.4. The Hall–Kier alpha value is -0.940. The van der Waals surface area contributed by atoms with Crippen molar-refractivity contribution < 1.29 is 0 Å². The van der Waals surface area contributed by atoms with Crippen LogP contribution in [0.5, 0.6) is 0 Å². The van der Waals surface area contributed by atoms with E-state index in [1.54, 1.807) is 11.3 Å².